The highest BCUT2D eigenvalue weighted by molar-refractivity contribution is 7.15. The summed E-state index contributed by atoms with van der Waals surface area (Å²) in [7, 11) is 0. The van der Waals surface area contributed by atoms with Crippen LogP contribution in [0.1, 0.15) is 4.88 Å². The molecule has 0 saturated carbocycles. The molecule has 0 unspecified atom stereocenters. The minimum Gasteiger partial charge on any atom is -0.375 e. The van der Waals surface area contributed by atoms with Crippen LogP contribution in [-0.2, 0) is 0 Å². The van der Waals surface area contributed by atoms with E-state index in [2.05, 4.69) is 4.98 Å². The largest absolute Gasteiger partial charge is 0.375 e. The molecule has 0 fully saturated rings. The van der Waals surface area contributed by atoms with Crippen LogP contribution in [0.4, 0.5) is 13.9 Å². The SMILES string of the molecule is Cc1sc(N)nc1-c1cc(F)ccc1F. The van der Waals surface area contributed by atoms with Gasteiger partial charge in [-0.25, -0.2) is 13.8 Å². The Hall–Kier alpha value is -1.49. The van der Waals surface area contributed by atoms with Crippen LogP contribution in [0.25, 0.3) is 11.3 Å². The molecule has 0 radical (unpaired) electrons. The highest BCUT2D eigenvalue weighted by Gasteiger charge is 2.13. The number of hydrogen-bond donors (Lipinski definition) is 1. The van der Waals surface area contributed by atoms with Crippen LogP contribution in [0.3, 0.4) is 0 Å². The molecule has 0 atom stereocenters. The Bertz CT molecular complexity index is 508. The van der Waals surface area contributed by atoms with Crippen LogP contribution in [-0.4, -0.2) is 4.98 Å². The number of nitrogens with zero attached hydrogens (tertiary/aromatic N) is 1. The van der Waals surface area contributed by atoms with Crippen molar-refractivity contribution in [2.24, 2.45) is 0 Å². The lowest BCUT2D eigenvalue weighted by molar-refractivity contribution is 0.602. The molecule has 1 aromatic heterocycles. The average molecular weight is 226 g/mol. The smallest absolute Gasteiger partial charge is 0.180 e. The van der Waals surface area contributed by atoms with E-state index in [4.69, 9.17) is 5.73 Å². The second-order valence-corrected chi connectivity index (χ2v) is 4.32. The van der Waals surface area contributed by atoms with E-state index in [1.54, 1.807) is 6.92 Å². The van der Waals surface area contributed by atoms with Crippen LogP contribution in [0.15, 0.2) is 18.2 Å². The number of aromatic nitrogens is 1. The van der Waals surface area contributed by atoms with E-state index in [9.17, 15) is 8.78 Å². The summed E-state index contributed by atoms with van der Waals surface area (Å²) < 4.78 is 26.4. The number of benzene rings is 1. The van der Waals surface area contributed by atoms with Crippen LogP contribution in [0.2, 0.25) is 0 Å². The standard InChI is InChI=1S/C10H8F2N2S/c1-5-9(14-10(13)15-5)7-4-6(11)2-3-8(7)12/h2-4H,1H3,(H2,13,14). The second-order valence-electron chi connectivity index (χ2n) is 3.08. The molecule has 2 aromatic rings. The maximum absolute atomic E-state index is 13.4. The van der Waals surface area contributed by atoms with Crippen molar-refractivity contribution in [1.82, 2.24) is 4.98 Å². The van der Waals surface area contributed by atoms with Crippen LogP contribution in [0, 0.1) is 18.6 Å². The molecule has 0 aliphatic rings. The second kappa shape index (κ2) is 3.58. The Kier molecular flexibility index (Phi) is 2.40. The molecule has 15 heavy (non-hydrogen) atoms. The molecule has 1 heterocycles. The Labute approximate surface area is 89.4 Å². The van der Waals surface area contributed by atoms with Gasteiger partial charge in [-0.3, -0.25) is 0 Å². The maximum Gasteiger partial charge on any atom is 0.180 e. The summed E-state index contributed by atoms with van der Waals surface area (Å²) in [5, 5.41) is 0.353. The van der Waals surface area contributed by atoms with Gasteiger partial charge in [-0.1, -0.05) is 0 Å². The number of thiazole rings is 1. The Morgan fingerprint density at radius 2 is 2.07 bits per heavy atom. The van der Waals surface area contributed by atoms with Gasteiger partial charge in [0.05, 0.1) is 5.69 Å². The number of nitrogens with two attached hydrogens (primary N) is 1. The highest BCUT2D eigenvalue weighted by atomic mass is 32.1. The fourth-order valence-electron chi connectivity index (χ4n) is 1.35. The molecule has 0 spiro atoms. The third-order valence-electron chi connectivity index (χ3n) is 2.00. The first-order valence-corrected chi connectivity index (χ1v) is 5.08. The number of aryl methyl sites for hydroxylation is 1. The van der Waals surface area contributed by atoms with E-state index in [-0.39, 0.29) is 5.56 Å². The van der Waals surface area contributed by atoms with Crippen LogP contribution in [0.5, 0.6) is 0 Å². The first-order chi connectivity index (χ1) is 7.08. The topological polar surface area (TPSA) is 38.9 Å². The number of anilines is 1. The molecule has 0 amide bonds. The Morgan fingerprint density at radius 1 is 1.33 bits per heavy atom. The summed E-state index contributed by atoms with van der Waals surface area (Å²) in [5.74, 6) is -0.984. The molecular formula is C10H8F2N2S. The molecule has 2 N–H and O–H groups in total. The zero-order valence-corrected chi connectivity index (χ0v) is 8.74. The van der Waals surface area contributed by atoms with Gasteiger partial charge in [0.15, 0.2) is 5.13 Å². The van der Waals surface area contributed by atoms with E-state index >= 15 is 0 Å². The predicted molar refractivity (Wildman–Crippen MR) is 56.6 cm³/mol. The monoisotopic (exact) mass is 226 g/mol. The molecule has 5 heteroatoms. The summed E-state index contributed by atoms with van der Waals surface area (Å²) in [6.45, 7) is 1.77. The number of halogens is 2. The zero-order chi connectivity index (χ0) is 11.0. The van der Waals surface area contributed by atoms with Gasteiger partial charge in [0.1, 0.15) is 11.6 Å². The summed E-state index contributed by atoms with van der Waals surface area (Å²) in [4.78, 5) is 4.75. The van der Waals surface area contributed by atoms with Crippen molar-refractivity contribution in [1.29, 1.82) is 0 Å². The molecule has 0 aliphatic heterocycles. The lowest BCUT2D eigenvalue weighted by atomic mass is 10.1. The van der Waals surface area contributed by atoms with Gasteiger partial charge in [0.25, 0.3) is 0 Å². The van der Waals surface area contributed by atoms with Crippen molar-refractivity contribution in [3.05, 3.63) is 34.7 Å². The molecule has 0 aliphatic carbocycles. The molecule has 0 saturated heterocycles. The highest BCUT2D eigenvalue weighted by Crippen LogP contribution is 2.30. The van der Waals surface area contributed by atoms with Crippen molar-refractivity contribution in [2.75, 3.05) is 5.73 Å². The van der Waals surface area contributed by atoms with E-state index in [0.29, 0.717) is 10.8 Å². The van der Waals surface area contributed by atoms with Crippen LogP contribution >= 0.6 is 11.3 Å². The summed E-state index contributed by atoms with van der Waals surface area (Å²) in [5.41, 5.74) is 6.06. The van der Waals surface area contributed by atoms with Crippen molar-refractivity contribution in [3.63, 3.8) is 0 Å². The van der Waals surface area contributed by atoms with Crippen molar-refractivity contribution < 1.29 is 8.78 Å². The zero-order valence-electron chi connectivity index (χ0n) is 7.92. The molecule has 1 aromatic carbocycles. The average Bonchev–Trinajstić information content (AvgIpc) is 2.50. The third-order valence-corrected chi connectivity index (χ3v) is 2.80. The molecule has 2 nitrogen and oxygen atoms in total. The van der Waals surface area contributed by atoms with Gasteiger partial charge in [0, 0.05) is 10.4 Å². The fourth-order valence-corrected chi connectivity index (χ4v) is 2.05. The fraction of sp³-hybridized carbons (Fsp3) is 0.100. The maximum atomic E-state index is 13.4. The molecule has 0 bridgehead atoms. The lowest BCUT2D eigenvalue weighted by Crippen LogP contribution is -1.89. The molecule has 2 rings (SSSR count). The van der Waals surface area contributed by atoms with Crippen LogP contribution < -0.4 is 5.73 Å². The lowest BCUT2D eigenvalue weighted by Gasteiger charge is -2.00. The van der Waals surface area contributed by atoms with Crippen molar-refractivity contribution >= 4 is 16.5 Å². The van der Waals surface area contributed by atoms with Gasteiger partial charge in [-0.05, 0) is 25.1 Å². The van der Waals surface area contributed by atoms with Crippen molar-refractivity contribution in [3.8, 4) is 11.3 Å². The first kappa shape index (κ1) is 10.0. The normalized spacial score (nSPS) is 10.6. The third kappa shape index (κ3) is 1.83. The van der Waals surface area contributed by atoms with Gasteiger partial charge in [-0.2, -0.15) is 0 Å². The Morgan fingerprint density at radius 3 is 2.67 bits per heavy atom. The predicted octanol–water partition coefficient (Wildman–Crippen LogP) is 2.98. The Balaban J connectivity index is 2.62. The van der Waals surface area contributed by atoms with E-state index in [1.165, 1.54) is 11.3 Å². The minimum absolute atomic E-state index is 0.153. The first-order valence-electron chi connectivity index (χ1n) is 4.26. The summed E-state index contributed by atoms with van der Waals surface area (Å²) in [6, 6.07) is 3.28. The molecular weight excluding hydrogens is 218 g/mol. The molecule has 78 valence electrons. The van der Waals surface area contributed by atoms with Gasteiger partial charge >= 0.3 is 0 Å². The quantitative estimate of drug-likeness (QED) is 0.811. The van der Waals surface area contributed by atoms with E-state index in [0.717, 1.165) is 23.1 Å². The summed E-state index contributed by atoms with van der Waals surface area (Å²) in [6.07, 6.45) is 0. The van der Waals surface area contributed by atoms with Crippen molar-refractivity contribution in [2.45, 2.75) is 6.92 Å². The van der Waals surface area contributed by atoms with E-state index in [1.807, 2.05) is 0 Å². The summed E-state index contributed by atoms with van der Waals surface area (Å²) >= 11 is 1.26. The minimum atomic E-state index is -0.496. The van der Waals surface area contributed by atoms with Gasteiger partial charge in [0.2, 0.25) is 0 Å². The van der Waals surface area contributed by atoms with Gasteiger partial charge < -0.3 is 5.73 Å². The van der Waals surface area contributed by atoms with E-state index < -0.39 is 11.6 Å². The number of nitrogen functional groups attached to an aromatic ring is 1. The van der Waals surface area contributed by atoms with Gasteiger partial charge in [-0.15, -0.1) is 11.3 Å². The number of rotatable bonds is 1. The number of hydrogen-bond acceptors (Lipinski definition) is 3.